The molecule has 1 aromatic carbocycles. The first-order valence-corrected chi connectivity index (χ1v) is 7.82. The summed E-state index contributed by atoms with van der Waals surface area (Å²) >= 11 is 6.56. The molecule has 0 amide bonds. The number of alkyl halides is 1. The fourth-order valence-corrected chi connectivity index (χ4v) is 3.66. The van der Waals surface area contributed by atoms with Gasteiger partial charge in [-0.2, -0.15) is 5.10 Å². The first-order chi connectivity index (χ1) is 9.72. The summed E-state index contributed by atoms with van der Waals surface area (Å²) in [5.41, 5.74) is 2.77. The molecule has 1 heterocycles. The second kappa shape index (κ2) is 6.01. The highest BCUT2D eigenvalue weighted by molar-refractivity contribution is 6.20. The van der Waals surface area contributed by atoms with Crippen LogP contribution in [0.5, 0.6) is 0 Å². The Bertz CT molecular complexity index is 549. The van der Waals surface area contributed by atoms with Gasteiger partial charge in [0.05, 0.1) is 6.20 Å². The van der Waals surface area contributed by atoms with E-state index in [1.165, 1.54) is 24.0 Å². The fraction of sp³-hybridized carbons (Fsp3) is 0.471. The van der Waals surface area contributed by atoms with Gasteiger partial charge >= 0.3 is 0 Å². The number of aromatic nitrogens is 2. The van der Waals surface area contributed by atoms with Gasteiger partial charge in [-0.25, -0.2) is 0 Å². The number of aryl methyl sites for hydroxylation is 1. The average Bonchev–Trinajstić information content (AvgIpc) is 2.88. The first-order valence-electron chi connectivity index (χ1n) is 7.39. The lowest BCUT2D eigenvalue weighted by molar-refractivity contribution is 0.326. The van der Waals surface area contributed by atoms with Gasteiger partial charge in [0.15, 0.2) is 0 Å². The molecule has 3 atom stereocenters. The van der Waals surface area contributed by atoms with Crippen molar-refractivity contribution in [1.29, 1.82) is 0 Å². The minimum atomic E-state index is 0.301. The molecule has 20 heavy (non-hydrogen) atoms. The molecule has 0 spiro atoms. The summed E-state index contributed by atoms with van der Waals surface area (Å²) < 4.78 is 1.87. The summed E-state index contributed by atoms with van der Waals surface area (Å²) in [5.74, 6) is 1.22. The monoisotopic (exact) mass is 288 g/mol. The Labute approximate surface area is 125 Å². The maximum absolute atomic E-state index is 6.56. The molecular weight excluding hydrogens is 268 g/mol. The molecule has 1 aliphatic rings. The topological polar surface area (TPSA) is 17.8 Å². The Balaban J connectivity index is 1.70. The third-order valence-corrected chi connectivity index (χ3v) is 4.99. The van der Waals surface area contributed by atoms with Crippen LogP contribution in [0, 0.1) is 5.92 Å². The van der Waals surface area contributed by atoms with Gasteiger partial charge in [0, 0.05) is 18.6 Å². The van der Waals surface area contributed by atoms with Crippen molar-refractivity contribution in [1.82, 2.24) is 9.78 Å². The quantitative estimate of drug-likeness (QED) is 0.776. The lowest BCUT2D eigenvalue weighted by Gasteiger charge is -2.33. The highest BCUT2D eigenvalue weighted by Gasteiger charge is 2.30. The van der Waals surface area contributed by atoms with Crippen molar-refractivity contribution in [3.8, 4) is 0 Å². The summed E-state index contributed by atoms with van der Waals surface area (Å²) in [6.07, 6.45) is 8.64. The van der Waals surface area contributed by atoms with Crippen molar-refractivity contribution in [2.45, 2.75) is 37.0 Å². The van der Waals surface area contributed by atoms with E-state index in [-0.39, 0.29) is 0 Å². The largest absolute Gasteiger partial charge is 0.276 e. The van der Waals surface area contributed by atoms with Crippen LogP contribution in [0.25, 0.3) is 0 Å². The lowest BCUT2D eigenvalue weighted by Crippen LogP contribution is -2.26. The normalized spacial score (nSPS) is 26.6. The van der Waals surface area contributed by atoms with Gasteiger partial charge in [-0.15, -0.1) is 11.6 Å². The van der Waals surface area contributed by atoms with Crippen LogP contribution in [-0.2, 0) is 13.5 Å². The molecule has 0 radical (unpaired) electrons. The maximum atomic E-state index is 6.56. The molecule has 0 bridgehead atoms. The molecule has 3 heteroatoms. The van der Waals surface area contributed by atoms with Crippen molar-refractivity contribution in [2.24, 2.45) is 13.0 Å². The van der Waals surface area contributed by atoms with E-state index in [9.17, 15) is 0 Å². The number of halogens is 1. The molecule has 106 valence electrons. The van der Waals surface area contributed by atoms with Gasteiger partial charge in [0.2, 0.25) is 0 Å². The van der Waals surface area contributed by atoms with E-state index < -0.39 is 0 Å². The van der Waals surface area contributed by atoms with Gasteiger partial charge in [0.25, 0.3) is 0 Å². The van der Waals surface area contributed by atoms with Crippen LogP contribution >= 0.6 is 11.6 Å². The van der Waals surface area contributed by atoms with Gasteiger partial charge < -0.3 is 0 Å². The Morgan fingerprint density at radius 2 is 2.05 bits per heavy atom. The predicted octanol–water partition coefficient (Wildman–Crippen LogP) is 4.15. The van der Waals surface area contributed by atoms with Crippen LogP contribution in [0.3, 0.4) is 0 Å². The molecular formula is C17H21ClN2. The molecule has 1 fully saturated rings. The average molecular weight is 289 g/mol. The highest BCUT2D eigenvalue weighted by atomic mass is 35.5. The summed E-state index contributed by atoms with van der Waals surface area (Å²) in [6, 6.07) is 10.9. The first kappa shape index (κ1) is 13.7. The number of hydrogen-bond donors (Lipinski definition) is 0. The van der Waals surface area contributed by atoms with Crippen LogP contribution in [0.1, 0.15) is 36.3 Å². The van der Waals surface area contributed by atoms with E-state index in [0.717, 1.165) is 12.8 Å². The van der Waals surface area contributed by atoms with Crippen molar-refractivity contribution >= 4 is 11.6 Å². The molecule has 3 rings (SSSR count). The van der Waals surface area contributed by atoms with Gasteiger partial charge in [0.1, 0.15) is 0 Å². The third-order valence-electron chi connectivity index (χ3n) is 4.42. The number of nitrogens with zero attached hydrogens (tertiary/aromatic N) is 2. The molecule has 2 aromatic rings. The van der Waals surface area contributed by atoms with E-state index in [1.54, 1.807) is 0 Å². The standard InChI is InChI=1S/C17H21ClN2/c1-20-12-13(11-19-20)9-16-10-15(7-8-17(16)18)14-5-3-2-4-6-14/h2-6,11-12,15-17H,7-10H2,1H3. The Hall–Kier alpha value is -1.28. The Kier molecular flexibility index (Phi) is 4.11. The zero-order valence-electron chi connectivity index (χ0n) is 11.9. The minimum Gasteiger partial charge on any atom is -0.276 e. The number of rotatable bonds is 3. The van der Waals surface area contributed by atoms with E-state index in [4.69, 9.17) is 11.6 Å². The molecule has 1 aromatic heterocycles. The number of hydrogen-bond acceptors (Lipinski definition) is 1. The zero-order chi connectivity index (χ0) is 13.9. The third kappa shape index (κ3) is 3.06. The van der Waals surface area contributed by atoms with Crippen LogP contribution in [0.15, 0.2) is 42.7 Å². The molecule has 1 aliphatic carbocycles. The summed E-state index contributed by atoms with van der Waals surface area (Å²) in [5, 5.41) is 4.56. The maximum Gasteiger partial charge on any atom is 0.0521 e. The van der Waals surface area contributed by atoms with Gasteiger partial charge in [-0.05, 0) is 48.6 Å². The lowest BCUT2D eigenvalue weighted by atomic mass is 9.76. The fourth-order valence-electron chi connectivity index (χ4n) is 3.35. The minimum absolute atomic E-state index is 0.301. The predicted molar refractivity (Wildman–Crippen MR) is 83.1 cm³/mol. The van der Waals surface area contributed by atoms with E-state index in [1.807, 2.05) is 17.9 Å². The van der Waals surface area contributed by atoms with Crippen LogP contribution < -0.4 is 0 Å². The van der Waals surface area contributed by atoms with Crippen molar-refractivity contribution in [3.63, 3.8) is 0 Å². The second-order valence-electron chi connectivity index (χ2n) is 5.92. The van der Waals surface area contributed by atoms with Crippen molar-refractivity contribution < 1.29 is 0 Å². The van der Waals surface area contributed by atoms with Crippen molar-refractivity contribution in [2.75, 3.05) is 0 Å². The van der Waals surface area contributed by atoms with Crippen LogP contribution in [0.4, 0.5) is 0 Å². The van der Waals surface area contributed by atoms with Crippen molar-refractivity contribution in [3.05, 3.63) is 53.9 Å². The van der Waals surface area contributed by atoms with E-state index in [0.29, 0.717) is 17.2 Å². The Morgan fingerprint density at radius 3 is 2.75 bits per heavy atom. The zero-order valence-corrected chi connectivity index (χ0v) is 12.6. The van der Waals surface area contributed by atoms with E-state index in [2.05, 4.69) is 41.6 Å². The SMILES string of the molecule is Cn1cc(CC2CC(c3ccccc3)CCC2Cl)cn1. The van der Waals surface area contributed by atoms with Gasteiger partial charge in [-0.1, -0.05) is 30.3 Å². The molecule has 2 nitrogen and oxygen atoms in total. The Morgan fingerprint density at radius 1 is 1.25 bits per heavy atom. The number of benzene rings is 1. The molecule has 1 saturated carbocycles. The molecule has 0 N–H and O–H groups in total. The summed E-state index contributed by atoms with van der Waals surface area (Å²) in [7, 11) is 1.97. The molecule has 0 aliphatic heterocycles. The summed E-state index contributed by atoms with van der Waals surface area (Å²) in [6.45, 7) is 0. The molecule has 0 saturated heterocycles. The van der Waals surface area contributed by atoms with Crippen LogP contribution in [-0.4, -0.2) is 15.2 Å². The smallest absolute Gasteiger partial charge is 0.0521 e. The highest BCUT2D eigenvalue weighted by Crippen LogP contribution is 2.39. The second-order valence-corrected chi connectivity index (χ2v) is 6.48. The van der Waals surface area contributed by atoms with E-state index >= 15 is 0 Å². The summed E-state index contributed by atoms with van der Waals surface area (Å²) in [4.78, 5) is 0. The molecule has 3 unspecified atom stereocenters. The van der Waals surface area contributed by atoms with Gasteiger partial charge in [-0.3, -0.25) is 4.68 Å². The van der Waals surface area contributed by atoms with Crippen LogP contribution in [0.2, 0.25) is 0 Å².